The Bertz CT molecular complexity index is 1050. The molecular weight excluding hydrogens is 374 g/mol. The minimum absolute atomic E-state index is 0.0782. The molecule has 1 aromatic heterocycles. The van der Waals surface area contributed by atoms with Gasteiger partial charge in [-0.1, -0.05) is 30.3 Å². The summed E-state index contributed by atoms with van der Waals surface area (Å²) in [5.41, 5.74) is 0.341. The van der Waals surface area contributed by atoms with Crippen LogP contribution in [0.25, 0.3) is 12.2 Å². The molecule has 0 aliphatic heterocycles. The Labute approximate surface area is 167 Å². The predicted octanol–water partition coefficient (Wildman–Crippen LogP) is 4.88. The summed E-state index contributed by atoms with van der Waals surface area (Å²) in [6.07, 6.45) is 3.37. The molecule has 7 heteroatoms. The van der Waals surface area contributed by atoms with Gasteiger partial charge in [0.05, 0.1) is 4.92 Å². The molecular formula is C22H19NO6. The quantitative estimate of drug-likeness (QED) is 0.234. The first kappa shape index (κ1) is 20.0. The average molecular weight is 393 g/mol. The number of ether oxygens (including phenoxy) is 2. The Morgan fingerprint density at radius 3 is 2.48 bits per heavy atom. The predicted molar refractivity (Wildman–Crippen MR) is 108 cm³/mol. The molecule has 0 atom stereocenters. The Balaban J connectivity index is 2.15. The number of furan rings is 1. The van der Waals surface area contributed by atoms with Gasteiger partial charge in [0, 0.05) is 24.3 Å². The minimum Gasteiger partial charge on any atom is -0.466 e. The van der Waals surface area contributed by atoms with Gasteiger partial charge in [0.2, 0.25) is 5.78 Å². The summed E-state index contributed by atoms with van der Waals surface area (Å²) < 4.78 is 16.1. The number of nitro benzene ring substituents is 1. The van der Waals surface area contributed by atoms with E-state index in [0.717, 1.165) is 5.76 Å². The zero-order chi connectivity index (χ0) is 20.8. The number of methoxy groups -OCH3 is 1. The van der Waals surface area contributed by atoms with E-state index in [1.165, 1.54) is 19.2 Å². The number of carbonyl (C=O) groups excluding carboxylic acids is 1. The molecule has 3 rings (SSSR count). The molecule has 0 bridgehead atoms. The van der Waals surface area contributed by atoms with Gasteiger partial charge >= 0.3 is 0 Å². The van der Waals surface area contributed by atoms with Crippen molar-refractivity contribution in [1.82, 2.24) is 0 Å². The molecule has 0 N–H and O–H groups in total. The molecule has 0 saturated carbocycles. The molecule has 0 unspecified atom stereocenters. The van der Waals surface area contributed by atoms with Gasteiger partial charge in [-0.05, 0) is 37.3 Å². The summed E-state index contributed by atoms with van der Waals surface area (Å²) >= 11 is 0. The van der Waals surface area contributed by atoms with Crippen molar-refractivity contribution in [2.24, 2.45) is 0 Å². The highest BCUT2D eigenvalue weighted by atomic mass is 16.7. The normalized spacial score (nSPS) is 11.0. The minimum atomic E-state index is -0.598. The van der Waals surface area contributed by atoms with Gasteiger partial charge < -0.3 is 13.9 Å². The topological polar surface area (TPSA) is 91.8 Å². The Morgan fingerprint density at radius 2 is 1.86 bits per heavy atom. The number of rotatable bonds is 8. The summed E-state index contributed by atoms with van der Waals surface area (Å²) in [4.78, 5) is 24.1. The van der Waals surface area contributed by atoms with Crippen molar-refractivity contribution < 1.29 is 23.6 Å². The molecule has 0 amide bonds. The van der Waals surface area contributed by atoms with Crippen LogP contribution in [-0.2, 0) is 4.74 Å². The van der Waals surface area contributed by atoms with Gasteiger partial charge in [0.1, 0.15) is 22.8 Å². The first-order chi connectivity index (χ1) is 14.0. The van der Waals surface area contributed by atoms with Crippen LogP contribution < -0.4 is 4.74 Å². The zero-order valence-electron chi connectivity index (χ0n) is 16.0. The number of aryl methyl sites for hydroxylation is 1. The van der Waals surface area contributed by atoms with Crippen molar-refractivity contribution in [2.75, 3.05) is 13.9 Å². The third-order valence-corrected chi connectivity index (χ3v) is 4.14. The van der Waals surface area contributed by atoms with Gasteiger partial charge in [-0.25, -0.2) is 0 Å². The number of nitro groups is 1. The number of nitrogens with zero attached hydrogens (tertiary/aromatic N) is 1. The second kappa shape index (κ2) is 8.99. The second-order valence-corrected chi connectivity index (χ2v) is 6.16. The van der Waals surface area contributed by atoms with Crippen LogP contribution in [0, 0.1) is 17.0 Å². The van der Waals surface area contributed by atoms with Crippen molar-refractivity contribution in [3.8, 4) is 5.75 Å². The highest BCUT2D eigenvalue weighted by Crippen LogP contribution is 2.35. The molecule has 1 heterocycles. The highest BCUT2D eigenvalue weighted by Gasteiger charge is 2.28. The lowest BCUT2D eigenvalue weighted by Crippen LogP contribution is -2.11. The van der Waals surface area contributed by atoms with Gasteiger partial charge in [-0.2, -0.15) is 0 Å². The maximum atomic E-state index is 13.1. The summed E-state index contributed by atoms with van der Waals surface area (Å²) in [6.45, 7) is 1.66. The van der Waals surface area contributed by atoms with Crippen molar-refractivity contribution in [2.45, 2.75) is 6.92 Å². The van der Waals surface area contributed by atoms with Crippen LogP contribution in [0.15, 0.2) is 59.0 Å². The molecule has 29 heavy (non-hydrogen) atoms. The van der Waals surface area contributed by atoms with E-state index in [1.807, 2.05) is 13.0 Å². The van der Waals surface area contributed by atoms with E-state index in [-0.39, 0.29) is 23.8 Å². The van der Waals surface area contributed by atoms with E-state index in [9.17, 15) is 14.9 Å². The Hall–Kier alpha value is -3.71. The first-order valence-corrected chi connectivity index (χ1v) is 8.78. The molecule has 148 valence electrons. The summed E-state index contributed by atoms with van der Waals surface area (Å²) in [5, 5.41) is 11.6. The van der Waals surface area contributed by atoms with Crippen LogP contribution in [0.3, 0.4) is 0 Å². The molecule has 0 spiro atoms. The number of benzene rings is 2. The van der Waals surface area contributed by atoms with Crippen molar-refractivity contribution in [3.63, 3.8) is 0 Å². The van der Waals surface area contributed by atoms with Crippen LogP contribution in [0.2, 0.25) is 0 Å². The van der Waals surface area contributed by atoms with Crippen molar-refractivity contribution in [3.05, 3.63) is 92.9 Å². The maximum Gasteiger partial charge on any atom is 0.284 e. The second-order valence-electron chi connectivity index (χ2n) is 6.16. The number of ketones is 1. The third-order valence-electron chi connectivity index (χ3n) is 4.14. The van der Waals surface area contributed by atoms with Crippen LogP contribution in [0.5, 0.6) is 5.75 Å². The largest absolute Gasteiger partial charge is 0.466 e. The zero-order valence-corrected chi connectivity index (χ0v) is 16.0. The molecule has 0 aliphatic rings. The smallest absolute Gasteiger partial charge is 0.284 e. The van der Waals surface area contributed by atoms with E-state index in [4.69, 9.17) is 13.9 Å². The van der Waals surface area contributed by atoms with Crippen molar-refractivity contribution in [1.29, 1.82) is 0 Å². The number of hydrogen-bond acceptors (Lipinski definition) is 6. The summed E-state index contributed by atoms with van der Waals surface area (Å²) in [6, 6.07) is 14.8. The molecule has 0 radical (unpaired) electrons. The van der Waals surface area contributed by atoms with E-state index in [0.29, 0.717) is 16.9 Å². The van der Waals surface area contributed by atoms with E-state index in [2.05, 4.69) is 0 Å². The van der Waals surface area contributed by atoms with E-state index in [1.54, 1.807) is 48.6 Å². The molecule has 0 fully saturated rings. The lowest BCUT2D eigenvalue weighted by molar-refractivity contribution is -0.385. The monoisotopic (exact) mass is 393 g/mol. The third kappa shape index (κ3) is 4.59. The van der Waals surface area contributed by atoms with Gasteiger partial charge in [0.25, 0.3) is 5.69 Å². The fraction of sp³-hybridized carbons (Fsp3) is 0.136. The summed E-state index contributed by atoms with van der Waals surface area (Å²) in [7, 11) is 1.43. The lowest BCUT2D eigenvalue weighted by atomic mass is 9.97. The maximum absolute atomic E-state index is 13.1. The SMILES string of the molecule is COCOc1c(C=Cc2ccc(C)o2)ccc([N+](=O)[O-])c1C(=O)c1ccccc1. The van der Waals surface area contributed by atoms with Crippen molar-refractivity contribution >= 4 is 23.6 Å². The molecule has 0 saturated heterocycles. The van der Waals surface area contributed by atoms with E-state index >= 15 is 0 Å². The lowest BCUT2D eigenvalue weighted by Gasteiger charge is -2.13. The number of hydrogen-bond donors (Lipinski definition) is 0. The molecule has 3 aromatic rings. The molecule has 7 nitrogen and oxygen atoms in total. The average Bonchev–Trinajstić information content (AvgIpc) is 3.15. The van der Waals surface area contributed by atoms with Gasteiger partial charge in [-0.15, -0.1) is 0 Å². The fourth-order valence-corrected chi connectivity index (χ4v) is 2.81. The fourth-order valence-electron chi connectivity index (χ4n) is 2.81. The van der Waals surface area contributed by atoms with Crippen LogP contribution in [0.1, 0.15) is 33.0 Å². The standard InChI is InChI=1S/C22H19NO6/c1-15-8-11-18(29-15)12-9-17-10-13-19(23(25)26)20(22(17)28-14-27-2)21(24)16-6-4-3-5-7-16/h3-13H,14H2,1-2H3. The molecule has 0 aliphatic carbocycles. The molecule has 2 aromatic carbocycles. The van der Waals surface area contributed by atoms with Gasteiger partial charge in [-0.3, -0.25) is 14.9 Å². The Kier molecular flexibility index (Phi) is 6.21. The van der Waals surface area contributed by atoms with Crippen LogP contribution in [-0.4, -0.2) is 24.6 Å². The van der Waals surface area contributed by atoms with E-state index < -0.39 is 10.7 Å². The van der Waals surface area contributed by atoms with Crippen LogP contribution in [0.4, 0.5) is 5.69 Å². The first-order valence-electron chi connectivity index (χ1n) is 8.78. The van der Waals surface area contributed by atoms with Gasteiger partial charge in [0.15, 0.2) is 6.79 Å². The number of carbonyl (C=O) groups is 1. The van der Waals surface area contributed by atoms with Crippen LogP contribution >= 0.6 is 0 Å². The highest BCUT2D eigenvalue weighted by molar-refractivity contribution is 6.14. The summed E-state index contributed by atoms with van der Waals surface area (Å²) in [5.74, 6) is 0.931. The Morgan fingerprint density at radius 1 is 1.10 bits per heavy atom.